The van der Waals surface area contributed by atoms with E-state index in [2.05, 4.69) is 36.4 Å². The summed E-state index contributed by atoms with van der Waals surface area (Å²) in [6.07, 6.45) is 0.980. The molecular weight excluding hydrogens is 248 g/mol. The van der Waals surface area contributed by atoms with Crippen LogP contribution in [0.3, 0.4) is 0 Å². The van der Waals surface area contributed by atoms with Crippen LogP contribution < -0.4 is 10.3 Å². The third-order valence-electron chi connectivity index (χ3n) is 3.10. The molecule has 4 heteroatoms. The molecule has 0 aliphatic heterocycles. The average Bonchev–Trinajstić information content (AvgIpc) is 2.74. The molecule has 0 unspecified atom stereocenters. The predicted molar refractivity (Wildman–Crippen MR) is 74.8 cm³/mol. The molecule has 0 saturated carbocycles. The summed E-state index contributed by atoms with van der Waals surface area (Å²) in [5.74, 6) is 0. The molecule has 1 aliphatic carbocycles. The molecular formula is C13H12N2S2. The van der Waals surface area contributed by atoms with Gasteiger partial charge in [0.2, 0.25) is 0 Å². The summed E-state index contributed by atoms with van der Waals surface area (Å²) in [4.78, 5) is 2.23. The van der Waals surface area contributed by atoms with Crippen LogP contribution in [0.5, 0.6) is 0 Å². The van der Waals surface area contributed by atoms with Crippen molar-refractivity contribution in [3.63, 3.8) is 0 Å². The summed E-state index contributed by atoms with van der Waals surface area (Å²) in [7, 11) is 0. The number of nitrogens with two attached hydrogens (primary N) is 2. The van der Waals surface area contributed by atoms with Gasteiger partial charge in [0.1, 0.15) is 0 Å². The Labute approximate surface area is 109 Å². The first kappa shape index (κ1) is 11.2. The highest BCUT2D eigenvalue weighted by molar-refractivity contribution is 7.97. The predicted octanol–water partition coefficient (Wildman–Crippen LogP) is 3.19. The minimum absolute atomic E-state index is 0.980. The van der Waals surface area contributed by atoms with E-state index in [-0.39, 0.29) is 0 Å². The lowest BCUT2D eigenvalue weighted by molar-refractivity contribution is 1.22. The molecule has 0 bridgehead atoms. The first-order valence-corrected chi connectivity index (χ1v) is 7.07. The number of hydrogen-bond donors (Lipinski definition) is 2. The van der Waals surface area contributed by atoms with Crippen molar-refractivity contribution in [3.05, 3.63) is 47.5 Å². The Bertz CT molecular complexity index is 530. The van der Waals surface area contributed by atoms with Crippen LogP contribution in [0.2, 0.25) is 0 Å². The molecule has 2 nitrogen and oxygen atoms in total. The quantitative estimate of drug-likeness (QED) is 0.695. The zero-order valence-electron chi connectivity index (χ0n) is 9.14. The molecule has 0 fully saturated rings. The van der Waals surface area contributed by atoms with Crippen LogP contribution in [0.4, 0.5) is 0 Å². The smallest absolute Gasteiger partial charge is 0.0229 e. The summed E-state index contributed by atoms with van der Waals surface area (Å²) >= 11 is 2.59. The van der Waals surface area contributed by atoms with E-state index in [1.165, 1.54) is 46.1 Å². The number of rotatable bonds is 2. The fourth-order valence-corrected chi connectivity index (χ4v) is 3.02. The van der Waals surface area contributed by atoms with E-state index in [0.29, 0.717) is 0 Å². The van der Waals surface area contributed by atoms with Crippen molar-refractivity contribution in [1.82, 2.24) is 0 Å². The zero-order chi connectivity index (χ0) is 11.8. The minimum atomic E-state index is 0.980. The highest BCUT2D eigenvalue weighted by atomic mass is 32.2. The van der Waals surface area contributed by atoms with Crippen LogP contribution in [0.1, 0.15) is 11.1 Å². The second kappa shape index (κ2) is 4.38. The molecule has 0 atom stereocenters. The summed E-state index contributed by atoms with van der Waals surface area (Å²) in [6, 6.07) is 12.8. The highest BCUT2D eigenvalue weighted by Crippen LogP contribution is 2.39. The van der Waals surface area contributed by atoms with Gasteiger partial charge in [-0.15, -0.1) is 0 Å². The molecule has 0 amide bonds. The number of fused-ring (bicyclic) bond motifs is 3. The Morgan fingerprint density at radius 1 is 0.765 bits per heavy atom. The summed E-state index contributed by atoms with van der Waals surface area (Å²) in [6.45, 7) is 0. The van der Waals surface area contributed by atoms with Crippen LogP contribution in [-0.4, -0.2) is 0 Å². The van der Waals surface area contributed by atoms with Crippen molar-refractivity contribution in [2.75, 3.05) is 0 Å². The Hall–Kier alpha value is -0.940. The number of hydrogen-bond acceptors (Lipinski definition) is 4. The van der Waals surface area contributed by atoms with Crippen LogP contribution >= 0.6 is 23.9 Å². The van der Waals surface area contributed by atoms with Gasteiger partial charge < -0.3 is 0 Å². The van der Waals surface area contributed by atoms with E-state index >= 15 is 0 Å². The maximum Gasteiger partial charge on any atom is 0.0229 e. The maximum absolute atomic E-state index is 5.59. The van der Waals surface area contributed by atoms with E-state index in [0.717, 1.165) is 16.2 Å². The number of benzene rings is 2. The molecule has 2 aromatic carbocycles. The minimum Gasteiger partial charge on any atom is -0.274 e. The Morgan fingerprint density at radius 2 is 1.24 bits per heavy atom. The fourth-order valence-electron chi connectivity index (χ4n) is 2.31. The normalized spacial score (nSPS) is 12.4. The van der Waals surface area contributed by atoms with Gasteiger partial charge in [0.25, 0.3) is 0 Å². The van der Waals surface area contributed by atoms with Gasteiger partial charge >= 0.3 is 0 Å². The molecule has 3 rings (SSSR count). The van der Waals surface area contributed by atoms with Gasteiger partial charge in [-0.1, -0.05) is 12.1 Å². The molecule has 2 aromatic rings. The molecule has 0 heterocycles. The molecule has 0 aromatic heterocycles. The lowest BCUT2D eigenvalue weighted by atomic mass is 10.1. The molecule has 0 saturated heterocycles. The summed E-state index contributed by atoms with van der Waals surface area (Å²) in [5.41, 5.74) is 5.36. The Morgan fingerprint density at radius 3 is 1.65 bits per heavy atom. The van der Waals surface area contributed by atoms with E-state index in [1.54, 1.807) is 0 Å². The van der Waals surface area contributed by atoms with Crippen LogP contribution in [0.15, 0.2) is 46.2 Å². The largest absolute Gasteiger partial charge is 0.274 e. The SMILES string of the molecule is NSc1ccc2c(c1)Cc1cc(SN)ccc1-2. The first-order valence-electron chi connectivity index (χ1n) is 5.31. The van der Waals surface area contributed by atoms with Crippen molar-refractivity contribution in [2.24, 2.45) is 10.3 Å². The third kappa shape index (κ3) is 1.87. The van der Waals surface area contributed by atoms with E-state index in [1.807, 2.05) is 0 Å². The highest BCUT2D eigenvalue weighted by Gasteiger charge is 2.18. The Balaban J connectivity index is 2.10. The third-order valence-corrected chi connectivity index (χ3v) is 4.15. The Kier molecular flexibility index (Phi) is 2.88. The van der Waals surface area contributed by atoms with Gasteiger partial charge in [0.05, 0.1) is 0 Å². The summed E-state index contributed by atoms with van der Waals surface area (Å²) < 4.78 is 0. The molecule has 1 aliphatic rings. The molecule has 4 N–H and O–H groups in total. The lowest BCUT2D eigenvalue weighted by Crippen LogP contribution is -1.84. The van der Waals surface area contributed by atoms with E-state index in [4.69, 9.17) is 10.3 Å². The van der Waals surface area contributed by atoms with Crippen molar-refractivity contribution in [2.45, 2.75) is 16.2 Å². The molecule has 17 heavy (non-hydrogen) atoms. The monoisotopic (exact) mass is 260 g/mol. The van der Waals surface area contributed by atoms with Crippen LogP contribution in [0.25, 0.3) is 11.1 Å². The average molecular weight is 260 g/mol. The van der Waals surface area contributed by atoms with E-state index in [9.17, 15) is 0 Å². The van der Waals surface area contributed by atoms with Gasteiger partial charge in [-0.25, -0.2) is 0 Å². The van der Waals surface area contributed by atoms with Crippen molar-refractivity contribution < 1.29 is 0 Å². The molecule has 86 valence electrons. The maximum atomic E-state index is 5.59. The first-order chi connectivity index (χ1) is 8.31. The van der Waals surface area contributed by atoms with Gasteiger partial charge in [-0.2, -0.15) is 0 Å². The van der Waals surface area contributed by atoms with Gasteiger partial charge in [0, 0.05) is 9.79 Å². The summed E-state index contributed by atoms with van der Waals surface area (Å²) in [5, 5.41) is 11.2. The fraction of sp³-hybridized carbons (Fsp3) is 0.0769. The standard InChI is InChI=1S/C13H12N2S2/c14-16-10-1-3-12-8(6-10)5-9-7-11(17-15)2-4-13(9)12/h1-4,6-7H,5,14-15H2. The topological polar surface area (TPSA) is 52.0 Å². The van der Waals surface area contributed by atoms with Crippen LogP contribution in [0, 0.1) is 0 Å². The lowest BCUT2D eigenvalue weighted by Gasteiger charge is -2.03. The van der Waals surface area contributed by atoms with Crippen molar-refractivity contribution in [3.8, 4) is 11.1 Å². The molecule has 0 radical (unpaired) electrons. The van der Waals surface area contributed by atoms with Crippen molar-refractivity contribution in [1.29, 1.82) is 0 Å². The second-order valence-electron chi connectivity index (χ2n) is 4.05. The zero-order valence-corrected chi connectivity index (χ0v) is 10.8. The second-order valence-corrected chi connectivity index (χ2v) is 5.46. The van der Waals surface area contributed by atoms with E-state index < -0.39 is 0 Å². The van der Waals surface area contributed by atoms with Crippen molar-refractivity contribution >= 4 is 23.9 Å². The van der Waals surface area contributed by atoms with Gasteiger partial charge in [0.15, 0.2) is 0 Å². The molecule has 0 spiro atoms. The van der Waals surface area contributed by atoms with Gasteiger partial charge in [-0.3, -0.25) is 10.3 Å². The van der Waals surface area contributed by atoms with Gasteiger partial charge in [-0.05, 0) is 76.8 Å². The van der Waals surface area contributed by atoms with Crippen LogP contribution in [-0.2, 0) is 6.42 Å².